The number of carbonyl (C=O) groups is 16. The first-order valence-electron chi connectivity index (χ1n) is 41.1. The quantitative estimate of drug-likeness (QED) is 0.00992. The minimum absolute atomic E-state index is 0.0126. The number of amides is 11. The van der Waals surface area contributed by atoms with Gasteiger partial charge in [-0.1, -0.05) is 38.1 Å². The number of carbonyl (C=O) groups excluding carboxylic acids is 16. The van der Waals surface area contributed by atoms with Crippen LogP contribution in [0.2, 0.25) is 29.6 Å². The van der Waals surface area contributed by atoms with E-state index in [9.17, 15) is 86.9 Å². The number of nitrogens with one attached hydrogen (secondary N) is 5. The molecule has 3 aliphatic rings. The Morgan fingerprint density at radius 3 is 1.08 bits per heavy atom. The van der Waals surface area contributed by atoms with Gasteiger partial charge in [-0.3, -0.25) is 38.8 Å². The maximum atomic E-state index is 13.2. The van der Waals surface area contributed by atoms with Crippen LogP contribution in [0.4, 0.5) is 0 Å². The summed E-state index contributed by atoms with van der Waals surface area (Å²) in [4.78, 5) is 234. The molecule has 676 valence electrons. The summed E-state index contributed by atoms with van der Waals surface area (Å²) in [6, 6.07) is 22.0. The number of rotatable bonds is 48. The Hall–Kier alpha value is -11.0. The van der Waals surface area contributed by atoms with Gasteiger partial charge < -0.3 is 64.9 Å². The number of ketones is 2. The van der Waals surface area contributed by atoms with E-state index in [4.69, 9.17) is 52.7 Å². The van der Waals surface area contributed by atoms with E-state index in [1.165, 1.54) is 36.4 Å². The minimum atomic E-state index is -2.83. The van der Waals surface area contributed by atoms with Gasteiger partial charge in [0.25, 0.3) is 0 Å². The Kier molecular flexibility index (Phi) is 43.9. The molecule has 124 heavy (non-hydrogen) atoms. The topological polar surface area (TPSA) is 584 Å². The number of aliphatic imine (C=N–C) groups is 2. The summed E-state index contributed by atoms with van der Waals surface area (Å²) in [5.41, 5.74) is 28.5. The number of hydrogen-bond donors (Lipinski definition) is 12. The molecule has 3 aliphatic heterocycles. The van der Waals surface area contributed by atoms with Gasteiger partial charge in [0.15, 0.2) is 23.5 Å². The zero-order chi connectivity index (χ0) is 91.8. The molecule has 0 aliphatic carbocycles. The summed E-state index contributed by atoms with van der Waals surface area (Å²) >= 11 is -5.64. The fourth-order valence-electron chi connectivity index (χ4n) is 12.2. The molecule has 3 fully saturated rings. The van der Waals surface area contributed by atoms with Crippen LogP contribution in [0.3, 0.4) is 0 Å². The van der Waals surface area contributed by atoms with Crippen molar-refractivity contribution in [3.63, 3.8) is 0 Å². The number of benzene rings is 4. The van der Waals surface area contributed by atoms with Gasteiger partial charge in [0.2, 0.25) is 23.6 Å². The predicted octanol–water partition coefficient (Wildman–Crippen LogP) is 2.29. The van der Waals surface area contributed by atoms with Gasteiger partial charge in [-0.15, -0.1) is 0 Å². The van der Waals surface area contributed by atoms with Gasteiger partial charge in [0, 0.05) is 62.8 Å². The summed E-state index contributed by atoms with van der Waals surface area (Å²) in [6.07, 6.45) is 5.54. The first kappa shape index (κ1) is 104. The molecule has 40 heteroatoms. The van der Waals surface area contributed by atoms with Crippen LogP contribution in [0.1, 0.15) is 169 Å². The van der Waals surface area contributed by atoms with Crippen molar-refractivity contribution in [2.24, 2.45) is 62.3 Å². The number of guanidine groups is 2. The molecule has 2 unspecified atom stereocenters. The van der Waals surface area contributed by atoms with Crippen molar-refractivity contribution in [2.75, 3.05) is 78.8 Å². The average molecular weight is 1940 g/mol. The number of phenolic OH excluding ortho intramolecular Hbond substituents is 2. The Morgan fingerprint density at radius 2 is 0.750 bits per heavy atom. The van der Waals surface area contributed by atoms with Gasteiger partial charge in [-0.05, 0) is 93.3 Å². The zero-order valence-electron chi connectivity index (χ0n) is 71.7. The van der Waals surface area contributed by atoms with Crippen LogP contribution in [0.25, 0.3) is 0 Å². The molecule has 4 atom stereocenters. The number of aromatic hydroxyl groups is 2. The van der Waals surface area contributed by atoms with Crippen LogP contribution >= 0.6 is 0 Å². The van der Waals surface area contributed by atoms with Crippen molar-refractivity contribution >= 4 is 150 Å². The molecule has 0 radical (unpaired) electrons. The first-order chi connectivity index (χ1) is 58.6. The van der Waals surface area contributed by atoms with Gasteiger partial charge in [0.1, 0.15) is 11.5 Å². The van der Waals surface area contributed by atoms with Crippen molar-refractivity contribution in [1.29, 1.82) is 0 Å². The number of hydrogen-bond acceptors (Lipinski definition) is 26. The van der Waals surface area contributed by atoms with E-state index in [1.54, 1.807) is 62.4 Å². The number of ether oxygens (including phenoxy) is 2. The van der Waals surface area contributed by atoms with Crippen molar-refractivity contribution in [2.45, 2.75) is 159 Å². The van der Waals surface area contributed by atoms with Crippen molar-refractivity contribution < 1.29 is 111 Å². The van der Waals surface area contributed by atoms with Gasteiger partial charge in [-0.25, -0.2) is 0 Å². The van der Waals surface area contributed by atoms with E-state index >= 15 is 0 Å². The third-order valence-electron chi connectivity index (χ3n) is 19.5. The standard InChI is InChI=1S/C37H48N7O10.C25H42N6O5.C16H11N2O8.6CH3.2Sn/c1-24(6-5-16-42-37(38)39)33(49)43-23-30(46)22-28(20-25-9-11-29(45)12-10-25)35(51)41-17-19-53-18-3-2-15-40-34(50)26-7-4-8-27(21-26)36(52)54-44-31(47)13-14-32(44)48;1-18(5-4-11-30-25(27)28)23(34)31-17-22(33)16-20(15-19-6-8-21(32)9-7-19)24(35)29-12-14-36-13-3-2-10-26;19-11-4-5-12(20)17(11)25-15(23)9-2-1-3-10(8-9)16(24)26-18-13(21)6-7-14(18)22;;;;;;;;/h7-12,21,24,28,45H,2-3,5-6,13-20,22-23H2,1H3,(H,40,50)(H,41,51)(H,43,49)(H4,38,39,42);6-9,18,20,32H,2-5,10-17,26H2,1H3,(H,29,35)(H,31,34)(H4,27,28,30);2-3,8H,4-7H2;6*1H3;;/t24-,28?;18-,20?;;;;;;;;;/m00........./s1. The molecule has 0 spiro atoms. The average Bonchev–Trinajstić information content (AvgIpc) is 1.04. The van der Waals surface area contributed by atoms with E-state index in [-0.39, 0.29) is 183 Å². The summed E-state index contributed by atoms with van der Waals surface area (Å²) in [5, 5.41) is 34.3. The second kappa shape index (κ2) is 52.6. The summed E-state index contributed by atoms with van der Waals surface area (Å²) in [7, 11) is 0. The SMILES string of the molecule is C[C@@H](CCCN=C(N)N)C(=O)NCC(=O)CC(Cc1ccc(O)cc1)C(=O)NCCOCCCCN.C[C@@H](CCCN=C(N)N)C(=O)NCC(=O)CC(Cc1ccc(O)cc1)C(=O)NCCOCCCCNC(=O)c1cc(C(=O)ON2C(=O)CCC2=O)c[c]([Sn]([CH3])([CH3])[CH3])c1.[CH3][Sn]([CH3])([CH3])[c]1cc(C(=O)ON2C(=O)CCC2=O)cc(C(=O)ON2C(=O)CCC2=O)c1. The molecule has 4 aromatic carbocycles. The number of unbranched alkanes of at least 4 members (excludes halogenated alkanes) is 2. The van der Waals surface area contributed by atoms with Gasteiger partial charge >= 0.3 is 357 Å². The fourth-order valence-corrected chi connectivity index (χ4v) is 18.9. The number of imide groups is 3. The van der Waals surface area contributed by atoms with Gasteiger partial charge in [-0.2, -0.15) is 0 Å². The van der Waals surface area contributed by atoms with Crippen LogP contribution in [0.15, 0.2) is 94.9 Å². The molecule has 7 rings (SSSR count). The molecular weight excluding hydrogens is 1820 g/mol. The molecular formula is C84H119N15O23Sn2. The number of nitrogens with two attached hydrogens (primary N) is 5. The Labute approximate surface area is 728 Å². The molecule has 4 aromatic rings. The summed E-state index contributed by atoms with van der Waals surface area (Å²) in [5.74, 6) is -10.3. The van der Waals surface area contributed by atoms with Crippen molar-refractivity contribution in [3.05, 3.63) is 118 Å². The molecule has 3 saturated heterocycles. The predicted molar refractivity (Wildman–Crippen MR) is 460 cm³/mol. The summed E-state index contributed by atoms with van der Waals surface area (Å²) < 4.78 is 12.8. The van der Waals surface area contributed by atoms with Crippen LogP contribution in [0.5, 0.6) is 11.5 Å². The number of hydroxylamine groups is 6. The second-order valence-electron chi connectivity index (χ2n) is 32.0. The van der Waals surface area contributed by atoms with Crippen LogP contribution in [-0.4, -0.2) is 247 Å². The maximum absolute atomic E-state index is 13.2. The Bertz CT molecular complexity index is 4350. The normalized spacial score (nSPS) is 14.1. The molecule has 17 N–H and O–H groups in total. The van der Waals surface area contributed by atoms with Crippen LogP contribution in [-0.2, 0) is 94.4 Å². The fraction of sp³-hybridized carbons (Fsp3) is 0.500. The molecule has 0 aromatic heterocycles. The monoisotopic (exact) mass is 1950 g/mol. The molecule has 3 heterocycles. The van der Waals surface area contributed by atoms with E-state index < -0.39 is 102 Å². The zero-order valence-corrected chi connectivity index (χ0v) is 77.4. The first-order valence-corrected chi connectivity index (χ1v) is 61.1. The second-order valence-corrected chi connectivity index (χ2v) is 61.0. The Balaban J connectivity index is 0.000000354. The summed E-state index contributed by atoms with van der Waals surface area (Å²) in [6.45, 7) is 7.00. The number of Topliss-reactive ketones (excluding diaryl/α,β-unsaturated/α-hetero) is 2. The van der Waals surface area contributed by atoms with E-state index in [0.717, 1.165) is 31.1 Å². The van der Waals surface area contributed by atoms with Crippen molar-refractivity contribution in [3.8, 4) is 11.5 Å². The third-order valence-corrected chi connectivity index (χ3v) is 31.0. The molecule has 0 bridgehead atoms. The number of phenols is 2. The van der Waals surface area contributed by atoms with Crippen molar-refractivity contribution in [1.82, 2.24) is 41.8 Å². The van der Waals surface area contributed by atoms with E-state index in [0.29, 0.717) is 113 Å². The van der Waals surface area contributed by atoms with Gasteiger partial charge in [0.05, 0.1) is 19.7 Å². The molecule has 11 amide bonds. The third kappa shape index (κ3) is 37.6. The van der Waals surface area contributed by atoms with E-state index in [1.807, 2.05) is 0 Å². The van der Waals surface area contributed by atoms with Crippen LogP contribution in [0, 0.1) is 23.7 Å². The Morgan fingerprint density at radius 1 is 0.419 bits per heavy atom. The van der Waals surface area contributed by atoms with E-state index in [2.05, 4.69) is 66.2 Å². The molecule has 38 nitrogen and oxygen atoms in total. The number of nitrogens with zero attached hydrogens (tertiary/aromatic N) is 5. The van der Waals surface area contributed by atoms with Crippen LogP contribution < -0.4 is 62.4 Å². The molecule has 0 saturated carbocycles.